The average Bonchev–Trinajstić information content (AvgIpc) is 2.56. The fourth-order valence-corrected chi connectivity index (χ4v) is 2.13. The quantitative estimate of drug-likeness (QED) is 0.463. The summed E-state index contributed by atoms with van der Waals surface area (Å²) in [6, 6.07) is 5.81. The van der Waals surface area contributed by atoms with Gasteiger partial charge in [-0.15, -0.1) is 0 Å². The molecule has 0 aliphatic carbocycles. The average molecular weight is 368 g/mol. The molecule has 2 aromatic rings. The number of rotatable bonds is 6. The maximum Gasteiger partial charge on any atom is 0.271 e. The van der Waals surface area contributed by atoms with Crippen molar-refractivity contribution in [2.75, 3.05) is 11.9 Å². The zero-order valence-corrected chi connectivity index (χ0v) is 13.6. The highest BCUT2D eigenvalue weighted by Gasteiger charge is 2.07. The zero-order chi connectivity index (χ0) is 17.5. The van der Waals surface area contributed by atoms with Crippen molar-refractivity contribution < 1.29 is 9.72 Å². The number of non-ortho nitro benzene ring substituents is 1. The van der Waals surface area contributed by atoms with E-state index in [-0.39, 0.29) is 12.2 Å². The molecule has 124 valence electrons. The van der Waals surface area contributed by atoms with Gasteiger partial charge in [-0.05, 0) is 6.07 Å². The van der Waals surface area contributed by atoms with E-state index in [1.807, 2.05) is 0 Å². The number of nitro groups is 1. The topological polar surface area (TPSA) is 110 Å². The summed E-state index contributed by atoms with van der Waals surface area (Å²) in [5.74, 6) is -0.445. The van der Waals surface area contributed by atoms with Crippen LogP contribution in [-0.2, 0) is 4.79 Å². The van der Waals surface area contributed by atoms with E-state index in [0.29, 0.717) is 21.3 Å². The highest BCUT2D eigenvalue weighted by atomic mass is 35.5. The van der Waals surface area contributed by atoms with Crippen LogP contribution in [0.3, 0.4) is 0 Å². The number of halogens is 2. The van der Waals surface area contributed by atoms with Gasteiger partial charge in [-0.3, -0.25) is 19.9 Å². The Balaban J connectivity index is 1.89. The minimum absolute atomic E-state index is 0.0691. The van der Waals surface area contributed by atoms with Gasteiger partial charge in [0, 0.05) is 35.8 Å². The third-order valence-corrected chi connectivity index (χ3v) is 3.39. The number of hydrazone groups is 1. The van der Waals surface area contributed by atoms with Crippen molar-refractivity contribution in [3.63, 3.8) is 0 Å². The number of amides is 1. The van der Waals surface area contributed by atoms with Crippen LogP contribution in [0, 0.1) is 10.1 Å². The zero-order valence-electron chi connectivity index (χ0n) is 12.1. The second-order valence-corrected chi connectivity index (χ2v) is 5.29. The highest BCUT2D eigenvalue weighted by molar-refractivity contribution is 6.38. The van der Waals surface area contributed by atoms with Crippen LogP contribution in [0.25, 0.3) is 0 Å². The van der Waals surface area contributed by atoms with E-state index in [1.165, 1.54) is 36.8 Å². The molecule has 24 heavy (non-hydrogen) atoms. The standard InChI is InChI=1S/C14H11Cl2N5O3/c15-12-6-17-7-13(16)11(12)5-19-20-14(22)8-18-9-2-1-3-10(4-9)21(23)24/h1-7,18H,8H2,(H,20,22)/b19-5+. The first-order valence-corrected chi connectivity index (χ1v) is 7.32. The normalized spacial score (nSPS) is 10.6. The Hall–Kier alpha value is -2.71. The monoisotopic (exact) mass is 367 g/mol. The van der Waals surface area contributed by atoms with E-state index >= 15 is 0 Å². The summed E-state index contributed by atoms with van der Waals surface area (Å²) in [5, 5.41) is 17.8. The van der Waals surface area contributed by atoms with Gasteiger partial charge in [0.25, 0.3) is 11.6 Å². The molecule has 0 atom stereocenters. The Kier molecular flexibility index (Phi) is 6.05. The van der Waals surface area contributed by atoms with E-state index in [9.17, 15) is 14.9 Å². The number of aromatic nitrogens is 1. The number of benzene rings is 1. The molecule has 1 heterocycles. The Morgan fingerprint density at radius 3 is 2.71 bits per heavy atom. The smallest absolute Gasteiger partial charge is 0.271 e. The van der Waals surface area contributed by atoms with Gasteiger partial charge in [0.15, 0.2) is 0 Å². The molecule has 0 saturated carbocycles. The predicted octanol–water partition coefficient (Wildman–Crippen LogP) is 2.86. The van der Waals surface area contributed by atoms with Crippen molar-refractivity contribution in [2.24, 2.45) is 5.10 Å². The SMILES string of the molecule is O=C(CNc1cccc([N+](=O)[O-])c1)N/N=C/c1c(Cl)cncc1Cl. The lowest BCUT2D eigenvalue weighted by molar-refractivity contribution is -0.384. The minimum atomic E-state index is -0.516. The number of nitrogens with zero attached hydrogens (tertiary/aromatic N) is 3. The summed E-state index contributed by atoms with van der Waals surface area (Å²) in [7, 11) is 0. The predicted molar refractivity (Wildman–Crippen MR) is 91.6 cm³/mol. The molecule has 0 bridgehead atoms. The summed E-state index contributed by atoms with van der Waals surface area (Å²) in [4.78, 5) is 25.7. The molecule has 8 nitrogen and oxygen atoms in total. The molecule has 0 saturated heterocycles. The number of anilines is 1. The molecular formula is C14H11Cl2N5O3. The molecule has 2 rings (SSSR count). The van der Waals surface area contributed by atoms with Gasteiger partial charge in [0.05, 0.1) is 27.7 Å². The molecule has 1 amide bonds. The van der Waals surface area contributed by atoms with Crippen LogP contribution in [-0.4, -0.2) is 28.6 Å². The lowest BCUT2D eigenvalue weighted by atomic mass is 10.3. The van der Waals surface area contributed by atoms with Gasteiger partial charge < -0.3 is 5.32 Å². The maximum atomic E-state index is 11.7. The first-order valence-electron chi connectivity index (χ1n) is 6.56. The molecule has 0 fully saturated rings. The third kappa shape index (κ3) is 4.90. The number of hydrogen-bond acceptors (Lipinski definition) is 6. The lowest BCUT2D eigenvalue weighted by Crippen LogP contribution is -2.25. The van der Waals surface area contributed by atoms with Gasteiger partial charge in [-0.2, -0.15) is 5.10 Å². The van der Waals surface area contributed by atoms with E-state index in [4.69, 9.17) is 23.2 Å². The van der Waals surface area contributed by atoms with Crippen molar-refractivity contribution in [1.29, 1.82) is 0 Å². The number of carbonyl (C=O) groups excluding carboxylic acids is 1. The summed E-state index contributed by atoms with van der Waals surface area (Å²) in [6.45, 7) is -0.115. The van der Waals surface area contributed by atoms with Crippen LogP contribution in [0.2, 0.25) is 10.0 Å². The van der Waals surface area contributed by atoms with E-state index in [2.05, 4.69) is 20.8 Å². The van der Waals surface area contributed by atoms with Gasteiger partial charge in [0.1, 0.15) is 0 Å². The molecule has 0 aliphatic heterocycles. The van der Waals surface area contributed by atoms with Gasteiger partial charge in [-0.1, -0.05) is 29.3 Å². The van der Waals surface area contributed by atoms with Crippen LogP contribution >= 0.6 is 23.2 Å². The minimum Gasteiger partial charge on any atom is -0.376 e. The highest BCUT2D eigenvalue weighted by Crippen LogP contribution is 2.20. The van der Waals surface area contributed by atoms with Gasteiger partial charge in [0.2, 0.25) is 0 Å². The van der Waals surface area contributed by atoms with Crippen LogP contribution in [0.1, 0.15) is 5.56 Å². The first-order chi connectivity index (χ1) is 11.5. The number of carbonyl (C=O) groups is 1. The fourth-order valence-electron chi connectivity index (χ4n) is 1.66. The summed E-state index contributed by atoms with van der Waals surface area (Å²) >= 11 is 11.8. The van der Waals surface area contributed by atoms with Gasteiger partial charge >= 0.3 is 0 Å². The van der Waals surface area contributed by atoms with Crippen LogP contribution in [0.4, 0.5) is 11.4 Å². The molecule has 0 aliphatic rings. The van der Waals surface area contributed by atoms with Crippen LogP contribution in [0.15, 0.2) is 41.8 Å². The molecule has 0 unspecified atom stereocenters. The molecule has 0 radical (unpaired) electrons. The van der Waals surface area contributed by atoms with E-state index in [0.717, 1.165) is 0 Å². The van der Waals surface area contributed by atoms with E-state index in [1.54, 1.807) is 6.07 Å². The second-order valence-electron chi connectivity index (χ2n) is 4.47. The second kappa shape index (κ2) is 8.23. The van der Waals surface area contributed by atoms with Crippen LogP contribution in [0.5, 0.6) is 0 Å². The Morgan fingerprint density at radius 1 is 1.33 bits per heavy atom. The molecule has 10 heteroatoms. The molecule has 1 aromatic heterocycles. The number of pyridine rings is 1. The number of hydrogen-bond donors (Lipinski definition) is 2. The number of nitro benzene ring substituents is 1. The van der Waals surface area contributed by atoms with Crippen molar-refractivity contribution in [3.8, 4) is 0 Å². The van der Waals surface area contributed by atoms with E-state index < -0.39 is 10.8 Å². The van der Waals surface area contributed by atoms with Crippen molar-refractivity contribution >= 4 is 46.7 Å². The third-order valence-electron chi connectivity index (χ3n) is 2.78. The fraction of sp³-hybridized carbons (Fsp3) is 0.0714. The van der Waals surface area contributed by atoms with Crippen molar-refractivity contribution in [2.45, 2.75) is 0 Å². The molecule has 0 spiro atoms. The molecule has 1 aromatic carbocycles. The maximum absolute atomic E-state index is 11.7. The van der Waals surface area contributed by atoms with Crippen LogP contribution < -0.4 is 10.7 Å². The Morgan fingerprint density at radius 2 is 2.04 bits per heavy atom. The Labute approximate surface area is 146 Å². The Bertz CT molecular complexity index is 777. The summed E-state index contributed by atoms with van der Waals surface area (Å²) in [6.07, 6.45) is 4.11. The summed E-state index contributed by atoms with van der Waals surface area (Å²) in [5.41, 5.74) is 3.10. The molecular weight excluding hydrogens is 357 g/mol. The largest absolute Gasteiger partial charge is 0.376 e. The molecule has 2 N–H and O–H groups in total. The lowest BCUT2D eigenvalue weighted by Gasteiger charge is -2.05. The summed E-state index contributed by atoms with van der Waals surface area (Å²) < 4.78 is 0. The van der Waals surface area contributed by atoms with Crippen molar-refractivity contribution in [1.82, 2.24) is 10.4 Å². The van der Waals surface area contributed by atoms with Gasteiger partial charge in [-0.25, -0.2) is 5.43 Å². The number of nitrogens with one attached hydrogen (secondary N) is 2. The first kappa shape index (κ1) is 17.6. The van der Waals surface area contributed by atoms with Crippen molar-refractivity contribution in [3.05, 3.63) is 62.4 Å².